The van der Waals surface area contributed by atoms with Gasteiger partial charge in [0.05, 0.1) is 23.8 Å². The van der Waals surface area contributed by atoms with Crippen LogP contribution < -0.4 is 5.32 Å². The van der Waals surface area contributed by atoms with Crippen molar-refractivity contribution in [2.75, 3.05) is 12.3 Å². The fraction of sp³-hybridized carbons (Fsp3) is 0.267. The highest BCUT2D eigenvalue weighted by atomic mass is 32.2. The van der Waals surface area contributed by atoms with Gasteiger partial charge in [0, 0.05) is 12.3 Å². The first-order valence-corrected chi connectivity index (χ1v) is 7.62. The zero-order valence-corrected chi connectivity index (χ0v) is 12.2. The molecule has 0 aliphatic carbocycles. The molecule has 0 aliphatic rings. The third kappa shape index (κ3) is 3.23. The molecule has 0 bridgehead atoms. The zero-order valence-electron chi connectivity index (χ0n) is 11.3. The number of nitrogens with zero attached hydrogens (tertiary/aromatic N) is 1. The second-order valence-corrected chi connectivity index (χ2v) is 5.75. The minimum atomic E-state index is 0.771. The van der Waals surface area contributed by atoms with Crippen molar-refractivity contribution in [1.82, 2.24) is 15.3 Å². The maximum Gasteiger partial charge on any atom is 0.166 e. The van der Waals surface area contributed by atoms with Crippen molar-refractivity contribution in [1.29, 1.82) is 0 Å². The number of aromatic nitrogens is 2. The largest absolute Gasteiger partial charge is 0.468 e. The van der Waals surface area contributed by atoms with E-state index in [1.54, 1.807) is 18.0 Å². The predicted octanol–water partition coefficient (Wildman–Crippen LogP) is 3.35. The summed E-state index contributed by atoms with van der Waals surface area (Å²) < 4.78 is 5.26. The maximum atomic E-state index is 5.26. The Labute approximate surface area is 122 Å². The van der Waals surface area contributed by atoms with Crippen molar-refractivity contribution in [3.05, 3.63) is 47.9 Å². The van der Waals surface area contributed by atoms with Gasteiger partial charge in [0.1, 0.15) is 5.76 Å². The van der Waals surface area contributed by atoms with Gasteiger partial charge in [0.15, 0.2) is 5.16 Å². The normalized spacial score (nSPS) is 11.2. The zero-order chi connectivity index (χ0) is 13.8. The summed E-state index contributed by atoms with van der Waals surface area (Å²) in [6, 6.07) is 10.1. The molecule has 0 saturated carbocycles. The monoisotopic (exact) mass is 287 g/mol. The van der Waals surface area contributed by atoms with E-state index in [9.17, 15) is 0 Å². The lowest BCUT2D eigenvalue weighted by atomic mass is 10.2. The van der Waals surface area contributed by atoms with Crippen molar-refractivity contribution in [2.24, 2.45) is 0 Å². The molecule has 5 heteroatoms. The second-order valence-electron chi connectivity index (χ2n) is 4.67. The van der Waals surface area contributed by atoms with E-state index in [-0.39, 0.29) is 0 Å². The molecule has 0 saturated heterocycles. The third-order valence-corrected chi connectivity index (χ3v) is 3.89. The number of furan rings is 1. The number of imidazole rings is 1. The Morgan fingerprint density at radius 3 is 3.15 bits per heavy atom. The molecular formula is C15H17N3OS. The van der Waals surface area contributed by atoms with Crippen molar-refractivity contribution in [3.63, 3.8) is 0 Å². The van der Waals surface area contributed by atoms with Crippen LogP contribution in [-0.2, 0) is 6.54 Å². The van der Waals surface area contributed by atoms with Crippen molar-refractivity contribution in [3.8, 4) is 0 Å². The molecule has 2 N–H and O–H groups in total. The summed E-state index contributed by atoms with van der Waals surface area (Å²) in [6.45, 7) is 3.78. The lowest BCUT2D eigenvalue weighted by Crippen LogP contribution is -2.16. The highest BCUT2D eigenvalue weighted by Crippen LogP contribution is 2.19. The molecule has 2 heterocycles. The molecule has 0 aliphatic heterocycles. The van der Waals surface area contributed by atoms with Gasteiger partial charge >= 0.3 is 0 Å². The summed E-state index contributed by atoms with van der Waals surface area (Å²) in [5, 5.41) is 4.32. The summed E-state index contributed by atoms with van der Waals surface area (Å²) in [7, 11) is 0. The predicted molar refractivity (Wildman–Crippen MR) is 82.0 cm³/mol. The number of fused-ring (bicyclic) bond motifs is 1. The minimum absolute atomic E-state index is 0.771. The van der Waals surface area contributed by atoms with Gasteiger partial charge in [-0.2, -0.15) is 0 Å². The van der Waals surface area contributed by atoms with Crippen LogP contribution in [0, 0.1) is 6.92 Å². The van der Waals surface area contributed by atoms with Crippen molar-refractivity contribution >= 4 is 22.8 Å². The van der Waals surface area contributed by atoms with Gasteiger partial charge in [-0.1, -0.05) is 17.8 Å². The number of aromatic amines is 1. The Hall–Kier alpha value is -1.72. The van der Waals surface area contributed by atoms with Crippen molar-refractivity contribution < 1.29 is 4.42 Å². The number of benzene rings is 1. The van der Waals surface area contributed by atoms with Gasteiger partial charge in [-0.25, -0.2) is 4.98 Å². The number of aryl methyl sites for hydroxylation is 1. The van der Waals surface area contributed by atoms with Crippen LogP contribution in [0.15, 0.2) is 46.2 Å². The van der Waals surface area contributed by atoms with Gasteiger partial charge in [0.2, 0.25) is 0 Å². The molecule has 4 nitrogen and oxygen atoms in total. The fourth-order valence-corrected chi connectivity index (χ4v) is 2.80. The molecule has 0 radical (unpaired) electrons. The molecule has 3 rings (SSSR count). The van der Waals surface area contributed by atoms with Crippen LogP contribution in [0.1, 0.15) is 11.3 Å². The first-order valence-electron chi connectivity index (χ1n) is 6.63. The summed E-state index contributed by atoms with van der Waals surface area (Å²) >= 11 is 1.73. The first kappa shape index (κ1) is 13.3. The SMILES string of the molecule is Cc1ccc2nc(SCCNCc3ccco3)[nH]c2c1. The van der Waals surface area contributed by atoms with E-state index in [1.807, 2.05) is 12.1 Å². The number of hydrogen-bond acceptors (Lipinski definition) is 4. The average Bonchev–Trinajstić information content (AvgIpc) is 3.06. The Morgan fingerprint density at radius 2 is 2.30 bits per heavy atom. The third-order valence-electron chi connectivity index (χ3n) is 3.01. The molecule has 2 aromatic heterocycles. The van der Waals surface area contributed by atoms with E-state index in [4.69, 9.17) is 4.42 Å². The highest BCUT2D eigenvalue weighted by molar-refractivity contribution is 7.99. The van der Waals surface area contributed by atoms with E-state index >= 15 is 0 Å². The van der Waals surface area contributed by atoms with E-state index in [0.717, 1.165) is 40.8 Å². The second kappa shape index (κ2) is 6.15. The number of nitrogens with one attached hydrogen (secondary N) is 2. The van der Waals surface area contributed by atoms with Crippen LogP contribution in [0.5, 0.6) is 0 Å². The fourth-order valence-electron chi connectivity index (χ4n) is 2.01. The van der Waals surface area contributed by atoms with Crippen LogP contribution in [0.25, 0.3) is 11.0 Å². The average molecular weight is 287 g/mol. The molecule has 0 fully saturated rings. The molecule has 3 aromatic rings. The molecule has 20 heavy (non-hydrogen) atoms. The van der Waals surface area contributed by atoms with Crippen LogP contribution in [0.3, 0.4) is 0 Å². The summed E-state index contributed by atoms with van der Waals surface area (Å²) in [5.74, 6) is 1.94. The van der Waals surface area contributed by atoms with Gasteiger partial charge in [0.25, 0.3) is 0 Å². The number of rotatable bonds is 6. The molecule has 0 atom stereocenters. The van der Waals surface area contributed by atoms with Crippen LogP contribution in [0.4, 0.5) is 0 Å². The number of thioether (sulfide) groups is 1. The van der Waals surface area contributed by atoms with Crippen LogP contribution in [-0.4, -0.2) is 22.3 Å². The van der Waals surface area contributed by atoms with Crippen LogP contribution in [0.2, 0.25) is 0 Å². The molecule has 104 valence electrons. The Kier molecular flexibility index (Phi) is 4.08. The smallest absolute Gasteiger partial charge is 0.166 e. The summed E-state index contributed by atoms with van der Waals surface area (Å²) in [4.78, 5) is 7.91. The topological polar surface area (TPSA) is 53.9 Å². The van der Waals surface area contributed by atoms with E-state index in [2.05, 4.69) is 40.4 Å². The minimum Gasteiger partial charge on any atom is -0.468 e. The number of H-pyrrole nitrogens is 1. The van der Waals surface area contributed by atoms with Gasteiger partial charge < -0.3 is 14.7 Å². The molecule has 1 aromatic carbocycles. The van der Waals surface area contributed by atoms with Gasteiger partial charge in [-0.15, -0.1) is 0 Å². The molecular weight excluding hydrogens is 270 g/mol. The highest BCUT2D eigenvalue weighted by Gasteiger charge is 2.03. The van der Waals surface area contributed by atoms with Gasteiger partial charge in [-0.3, -0.25) is 0 Å². The maximum absolute atomic E-state index is 5.26. The summed E-state index contributed by atoms with van der Waals surface area (Å²) in [5.41, 5.74) is 3.38. The van der Waals surface area contributed by atoms with E-state index < -0.39 is 0 Å². The lowest BCUT2D eigenvalue weighted by Gasteiger charge is -2.00. The van der Waals surface area contributed by atoms with Crippen LogP contribution >= 0.6 is 11.8 Å². The molecule has 0 spiro atoms. The lowest BCUT2D eigenvalue weighted by molar-refractivity contribution is 0.488. The first-order chi connectivity index (χ1) is 9.81. The molecule has 0 amide bonds. The van der Waals surface area contributed by atoms with E-state index in [0.29, 0.717) is 0 Å². The Morgan fingerprint density at radius 1 is 1.35 bits per heavy atom. The quantitative estimate of drug-likeness (QED) is 0.539. The standard InChI is InChI=1S/C15H17N3OS/c1-11-4-5-13-14(9-11)18-15(17-13)20-8-6-16-10-12-3-2-7-19-12/h2-5,7,9,16H,6,8,10H2,1H3,(H,17,18). The van der Waals surface area contributed by atoms with Crippen molar-refractivity contribution in [2.45, 2.75) is 18.6 Å². The Bertz CT molecular complexity index is 676. The van der Waals surface area contributed by atoms with Gasteiger partial charge in [-0.05, 0) is 36.8 Å². The molecule has 0 unspecified atom stereocenters. The number of hydrogen-bond donors (Lipinski definition) is 2. The Balaban J connectivity index is 1.47. The van der Waals surface area contributed by atoms with E-state index in [1.165, 1.54) is 5.56 Å². The summed E-state index contributed by atoms with van der Waals surface area (Å²) in [6.07, 6.45) is 1.70.